The summed E-state index contributed by atoms with van der Waals surface area (Å²) in [5.41, 5.74) is 1.94. The third-order valence-electron chi connectivity index (χ3n) is 4.81. The highest BCUT2D eigenvalue weighted by molar-refractivity contribution is 5.79. The van der Waals surface area contributed by atoms with E-state index in [9.17, 15) is 9.18 Å². The molecule has 0 aliphatic carbocycles. The number of esters is 1. The van der Waals surface area contributed by atoms with Crippen LogP contribution in [0.2, 0.25) is 0 Å². The number of ether oxygens (including phenoxy) is 1. The van der Waals surface area contributed by atoms with Crippen LogP contribution >= 0.6 is 0 Å². The summed E-state index contributed by atoms with van der Waals surface area (Å²) in [5.74, 6) is 0.940. The van der Waals surface area contributed by atoms with Crippen molar-refractivity contribution >= 4 is 28.8 Å². The molecule has 1 aromatic carbocycles. The topological polar surface area (TPSA) is 60.2 Å². The molecule has 0 unspecified atom stereocenters. The Labute approximate surface area is 170 Å². The van der Waals surface area contributed by atoms with Crippen molar-refractivity contribution in [3.05, 3.63) is 48.4 Å². The molecular formula is C22H27FN4O2. The molecule has 0 N–H and O–H groups in total. The number of benzene rings is 1. The second-order valence-electron chi connectivity index (χ2n) is 6.92. The lowest BCUT2D eigenvalue weighted by atomic mass is 10.1. The Bertz CT molecular complexity index is 940. The van der Waals surface area contributed by atoms with Gasteiger partial charge in [0.15, 0.2) is 0 Å². The average molecular weight is 398 g/mol. The van der Waals surface area contributed by atoms with E-state index in [4.69, 9.17) is 9.72 Å². The highest BCUT2D eigenvalue weighted by Gasteiger charge is 2.17. The molecule has 2 aromatic heterocycles. The molecule has 0 saturated heterocycles. The largest absolute Gasteiger partial charge is 0.466 e. The van der Waals surface area contributed by atoms with E-state index >= 15 is 0 Å². The number of fused-ring (bicyclic) bond motifs is 1. The van der Waals surface area contributed by atoms with Crippen molar-refractivity contribution in [2.45, 2.75) is 39.0 Å². The zero-order valence-corrected chi connectivity index (χ0v) is 17.0. The number of imidazole rings is 1. The molecule has 2 heterocycles. The Morgan fingerprint density at radius 2 is 1.93 bits per heavy atom. The summed E-state index contributed by atoms with van der Waals surface area (Å²) in [6.07, 6.45) is 5.34. The van der Waals surface area contributed by atoms with Gasteiger partial charge in [-0.2, -0.15) is 0 Å². The van der Waals surface area contributed by atoms with E-state index in [1.54, 1.807) is 6.07 Å². The predicted molar refractivity (Wildman–Crippen MR) is 112 cm³/mol. The molecule has 0 fully saturated rings. The van der Waals surface area contributed by atoms with Crippen molar-refractivity contribution in [3.63, 3.8) is 0 Å². The standard InChI is InChI=1S/C22H27FN4O2/c1-3-29-21(28)12-6-4-5-9-15-27(20-14-13-17(23)16-24-20)22-25-18-10-7-8-11-19(18)26(22)2/h7-8,10-11,13-14,16H,3-6,9,12,15H2,1-2H3. The molecule has 0 radical (unpaired) electrons. The summed E-state index contributed by atoms with van der Waals surface area (Å²) in [6.45, 7) is 2.95. The van der Waals surface area contributed by atoms with Gasteiger partial charge in [-0.15, -0.1) is 0 Å². The lowest BCUT2D eigenvalue weighted by molar-refractivity contribution is -0.143. The Morgan fingerprint density at radius 1 is 1.14 bits per heavy atom. The second-order valence-corrected chi connectivity index (χ2v) is 6.92. The number of hydrogen-bond acceptors (Lipinski definition) is 5. The fraction of sp³-hybridized carbons (Fsp3) is 0.409. The second kappa shape index (κ2) is 10.0. The Kier molecular flexibility index (Phi) is 7.16. The minimum atomic E-state index is -0.363. The quantitative estimate of drug-likeness (QED) is 0.364. The summed E-state index contributed by atoms with van der Waals surface area (Å²) in [7, 11) is 1.97. The van der Waals surface area contributed by atoms with E-state index in [2.05, 4.69) is 4.98 Å². The zero-order chi connectivity index (χ0) is 20.6. The van der Waals surface area contributed by atoms with Crippen molar-refractivity contribution in [3.8, 4) is 0 Å². The Morgan fingerprint density at radius 3 is 2.66 bits per heavy atom. The van der Waals surface area contributed by atoms with Gasteiger partial charge in [-0.05, 0) is 44.0 Å². The lowest BCUT2D eigenvalue weighted by Crippen LogP contribution is -2.23. The van der Waals surface area contributed by atoms with E-state index in [-0.39, 0.29) is 11.8 Å². The van der Waals surface area contributed by atoms with Gasteiger partial charge in [0.05, 0.1) is 23.8 Å². The molecule has 29 heavy (non-hydrogen) atoms. The molecule has 154 valence electrons. The zero-order valence-electron chi connectivity index (χ0n) is 17.0. The molecule has 7 heteroatoms. The monoisotopic (exact) mass is 398 g/mol. The third-order valence-corrected chi connectivity index (χ3v) is 4.81. The van der Waals surface area contributed by atoms with Gasteiger partial charge in [-0.3, -0.25) is 9.69 Å². The van der Waals surface area contributed by atoms with E-state index in [0.717, 1.165) is 42.7 Å². The van der Waals surface area contributed by atoms with Crippen molar-refractivity contribution in [2.24, 2.45) is 7.05 Å². The molecule has 0 aliphatic rings. The summed E-state index contributed by atoms with van der Waals surface area (Å²) in [5, 5.41) is 0. The van der Waals surface area contributed by atoms with Crippen LogP contribution < -0.4 is 4.90 Å². The molecule has 0 saturated carbocycles. The minimum Gasteiger partial charge on any atom is -0.466 e. The summed E-state index contributed by atoms with van der Waals surface area (Å²) in [4.78, 5) is 22.5. The van der Waals surface area contributed by atoms with E-state index < -0.39 is 0 Å². The number of para-hydroxylation sites is 2. The highest BCUT2D eigenvalue weighted by atomic mass is 19.1. The number of unbranched alkanes of at least 4 members (excludes halogenated alkanes) is 3. The maximum atomic E-state index is 13.4. The van der Waals surface area contributed by atoms with Crippen LogP contribution in [0.3, 0.4) is 0 Å². The van der Waals surface area contributed by atoms with Crippen LogP contribution in [0.1, 0.15) is 39.0 Å². The normalized spacial score (nSPS) is 11.0. The number of hydrogen-bond donors (Lipinski definition) is 0. The first-order chi connectivity index (χ1) is 14.1. The first-order valence-corrected chi connectivity index (χ1v) is 10.1. The van der Waals surface area contributed by atoms with E-state index in [0.29, 0.717) is 25.4 Å². The summed E-state index contributed by atoms with van der Waals surface area (Å²) >= 11 is 0. The summed E-state index contributed by atoms with van der Waals surface area (Å²) in [6, 6.07) is 11.0. The van der Waals surface area contributed by atoms with Crippen LogP contribution in [0.5, 0.6) is 0 Å². The van der Waals surface area contributed by atoms with Crippen LogP contribution in [0, 0.1) is 5.82 Å². The molecule has 3 aromatic rings. The Balaban J connectivity index is 1.68. The molecule has 0 amide bonds. The van der Waals surface area contributed by atoms with Crippen LogP contribution in [-0.2, 0) is 16.6 Å². The third kappa shape index (κ3) is 5.31. The van der Waals surface area contributed by atoms with Crippen LogP contribution in [-0.4, -0.2) is 33.7 Å². The number of aromatic nitrogens is 3. The van der Waals surface area contributed by atoms with Crippen molar-refractivity contribution < 1.29 is 13.9 Å². The van der Waals surface area contributed by atoms with Gasteiger partial charge in [0.1, 0.15) is 11.6 Å². The van der Waals surface area contributed by atoms with E-state index in [1.807, 2.05) is 47.7 Å². The molecule has 0 aliphatic heterocycles. The molecule has 0 atom stereocenters. The fourth-order valence-corrected chi connectivity index (χ4v) is 3.34. The van der Waals surface area contributed by atoms with Crippen molar-refractivity contribution in [1.82, 2.24) is 14.5 Å². The van der Waals surface area contributed by atoms with Crippen LogP contribution in [0.4, 0.5) is 16.2 Å². The van der Waals surface area contributed by atoms with Gasteiger partial charge in [0.2, 0.25) is 5.95 Å². The van der Waals surface area contributed by atoms with Crippen LogP contribution in [0.25, 0.3) is 11.0 Å². The van der Waals surface area contributed by atoms with Crippen molar-refractivity contribution in [1.29, 1.82) is 0 Å². The smallest absolute Gasteiger partial charge is 0.305 e. The maximum absolute atomic E-state index is 13.4. The number of pyridine rings is 1. The van der Waals surface area contributed by atoms with Gasteiger partial charge >= 0.3 is 5.97 Å². The summed E-state index contributed by atoms with van der Waals surface area (Å²) < 4.78 is 20.4. The van der Waals surface area contributed by atoms with E-state index in [1.165, 1.54) is 12.3 Å². The average Bonchev–Trinajstić information content (AvgIpc) is 3.05. The first kappa shape index (κ1) is 20.8. The van der Waals surface area contributed by atoms with Crippen LogP contribution in [0.15, 0.2) is 42.6 Å². The first-order valence-electron chi connectivity index (χ1n) is 10.1. The molecule has 0 bridgehead atoms. The predicted octanol–water partition coefficient (Wildman–Crippen LogP) is 4.76. The Hall–Kier alpha value is -2.96. The molecule has 0 spiro atoms. The molecular weight excluding hydrogens is 371 g/mol. The number of aryl methyl sites for hydroxylation is 1. The molecule has 3 rings (SSSR count). The minimum absolute atomic E-state index is 0.135. The highest BCUT2D eigenvalue weighted by Crippen LogP contribution is 2.27. The number of rotatable bonds is 10. The van der Waals surface area contributed by atoms with Gasteiger partial charge in [-0.1, -0.05) is 25.0 Å². The number of halogens is 1. The number of anilines is 2. The van der Waals surface area contributed by atoms with Gasteiger partial charge < -0.3 is 9.30 Å². The maximum Gasteiger partial charge on any atom is 0.305 e. The molecule has 6 nitrogen and oxygen atoms in total. The van der Waals surface area contributed by atoms with Gasteiger partial charge in [0.25, 0.3) is 0 Å². The van der Waals surface area contributed by atoms with Gasteiger partial charge in [0, 0.05) is 20.0 Å². The van der Waals surface area contributed by atoms with Gasteiger partial charge in [-0.25, -0.2) is 14.4 Å². The fourth-order valence-electron chi connectivity index (χ4n) is 3.34. The number of carbonyl (C=O) groups is 1. The SMILES string of the molecule is CCOC(=O)CCCCCCN(c1ccc(F)cn1)c1nc2ccccc2n1C. The number of nitrogens with zero attached hydrogens (tertiary/aromatic N) is 4. The lowest BCUT2D eigenvalue weighted by Gasteiger charge is -2.22. The number of carbonyl (C=O) groups excluding carboxylic acids is 1. The van der Waals surface area contributed by atoms with Crippen molar-refractivity contribution in [2.75, 3.05) is 18.1 Å².